The quantitative estimate of drug-likeness (QED) is 0.150. The summed E-state index contributed by atoms with van der Waals surface area (Å²) in [7, 11) is 0. The van der Waals surface area contributed by atoms with E-state index in [1.54, 1.807) is 0 Å². The van der Waals surface area contributed by atoms with E-state index in [2.05, 4.69) is 138 Å². The Morgan fingerprint density at radius 2 is 1.18 bits per heavy atom. The lowest BCUT2D eigenvalue weighted by molar-refractivity contribution is 0.695. The fourth-order valence-electron chi connectivity index (χ4n) is 7.40. The van der Waals surface area contributed by atoms with E-state index in [0.29, 0.717) is 5.69 Å². The Morgan fingerprint density at radius 1 is 0.549 bits per heavy atom. The van der Waals surface area contributed by atoms with E-state index in [1.165, 1.54) is 5.56 Å². The Balaban J connectivity index is 1.37. The molecule has 4 aromatic carbocycles. The monoisotopic (exact) mass is 660 g/mol. The molecular weight excluding hydrogens is 625 g/mol. The molecule has 0 spiro atoms. The van der Waals surface area contributed by atoms with Crippen molar-refractivity contribution in [2.75, 3.05) is 11.5 Å². The number of aromatic nitrogens is 2. The van der Waals surface area contributed by atoms with E-state index >= 15 is 0 Å². The second kappa shape index (κ2) is 12.3. The maximum Gasteiger partial charge on any atom is 0.0814 e. The topological polar surface area (TPSA) is 108 Å². The molecule has 0 saturated carbocycles. The Bertz CT molecular complexity index is 2570. The van der Waals surface area contributed by atoms with Crippen LogP contribution in [0.1, 0.15) is 45.1 Å². The minimum absolute atomic E-state index is 0.0895. The average Bonchev–Trinajstić information content (AvgIpc) is 3.99. The number of fused-ring (bicyclic) bond motifs is 6. The van der Waals surface area contributed by atoms with E-state index in [1.807, 2.05) is 30.3 Å². The number of hydrogen-bond donors (Lipinski definition) is 4. The van der Waals surface area contributed by atoms with Crippen LogP contribution in [0.25, 0.3) is 16.7 Å². The molecule has 6 heteroatoms. The molecule has 5 heterocycles. The van der Waals surface area contributed by atoms with Crippen molar-refractivity contribution in [3.05, 3.63) is 207 Å². The predicted octanol–water partition coefficient (Wildman–Crippen LogP) is 7.21. The van der Waals surface area contributed by atoms with Gasteiger partial charge in [0.25, 0.3) is 0 Å². The molecule has 9 rings (SSSR count). The van der Waals surface area contributed by atoms with E-state index in [9.17, 15) is 0 Å². The molecule has 0 fully saturated rings. The van der Waals surface area contributed by atoms with Gasteiger partial charge in [-0.2, -0.15) is 0 Å². The van der Waals surface area contributed by atoms with Gasteiger partial charge in [-0.25, -0.2) is 4.99 Å². The second-order valence-corrected chi connectivity index (χ2v) is 13.3. The summed E-state index contributed by atoms with van der Waals surface area (Å²) >= 11 is 0. The van der Waals surface area contributed by atoms with E-state index in [0.717, 1.165) is 83.9 Å². The number of aryl methyl sites for hydroxylation is 1. The summed E-state index contributed by atoms with van der Waals surface area (Å²) in [5, 5.41) is 1.93. The molecule has 246 valence electrons. The van der Waals surface area contributed by atoms with Gasteiger partial charge < -0.3 is 21.4 Å². The van der Waals surface area contributed by atoms with E-state index in [-0.39, 0.29) is 12.0 Å². The normalized spacial score (nSPS) is 18.0. The van der Waals surface area contributed by atoms with Crippen molar-refractivity contribution < 1.29 is 0 Å². The lowest BCUT2D eigenvalue weighted by Crippen LogP contribution is -2.21. The van der Waals surface area contributed by atoms with E-state index < -0.39 is 0 Å². The molecule has 2 unspecified atom stereocenters. The third-order valence-corrected chi connectivity index (χ3v) is 9.92. The molecule has 2 atom stereocenters. The number of nitrogen functional groups attached to an aromatic ring is 2. The highest BCUT2D eigenvalue weighted by Crippen LogP contribution is 2.37. The summed E-state index contributed by atoms with van der Waals surface area (Å²) in [5.74, 6) is -0.0895. The highest BCUT2D eigenvalue weighted by atomic mass is 14.9. The van der Waals surface area contributed by atoms with Gasteiger partial charge in [-0.3, -0.25) is 4.99 Å². The zero-order chi connectivity index (χ0) is 34.5. The Labute approximate surface area is 296 Å². The maximum absolute atomic E-state index is 6.17. The third-order valence-electron chi connectivity index (χ3n) is 9.92. The molecule has 6 aromatic rings. The summed E-state index contributed by atoms with van der Waals surface area (Å²) in [6.45, 7) is 2.11. The van der Waals surface area contributed by atoms with Crippen molar-refractivity contribution in [3.8, 4) is 0 Å². The smallest absolute Gasteiger partial charge is 0.0814 e. The fourth-order valence-corrected chi connectivity index (χ4v) is 7.40. The van der Waals surface area contributed by atoms with Gasteiger partial charge in [0.05, 0.1) is 29.1 Å². The number of allylic oxidation sites excluding steroid dienone is 3. The first-order chi connectivity index (χ1) is 25.0. The lowest BCUT2D eigenvalue weighted by Gasteiger charge is -2.21. The number of aromatic amines is 2. The Kier molecular flexibility index (Phi) is 7.36. The number of hydrogen-bond acceptors (Lipinski definition) is 4. The van der Waals surface area contributed by atoms with Gasteiger partial charge in [0.2, 0.25) is 0 Å². The highest BCUT2D eigenvalue weighted by molar-refractivity contribution is 6.31. The summed E-state index contributed by atoms with van der Waals surface area (Å²) in [4.78, 5) is 18.5. The van der Waals surface area contributed by atoms with Crippen molar-refractivity contribution in [1.82, 2.24) is 9.97 Å². The average molecular weight is 661 g/mol. The van der Waals surface area contributed by atoms with Crippen LogP contribution >= 0.6 is 0 Å². The molecule has 0 amide bonds. The molecule has 0 aliphatic carbocycles. The van der Waals surface area contributed by atoms with Crippen molar-refractivity contribution in [1.29, 1.82) is 0 Å². The van der Waals surface area contributed by atoms with Gasteiger partial charge in [-0.1, -0.05) is 90.5 Å². The Hall–Kier alpha value is -6.66. The largest absolute Gasteiger partial charge is 0.399 e. The molecule has 51 heavy (non-hydrogen) atoms. The fraction of sp³-hybridized carbons (Fsp3) is 0.0667. The minimum atomic E-state index is -0.167. The molecule has 3 aliphatic heterocycles. The summed E-state index contributed by atoms with van der Waals surface area (Å²) in [6, 6.07) is 43.8. The van der Waals surface area contributed by atoms with Crippen molar-refractivity contribution in [2.45, 2.75) is 18.9 Å². The van der Waals surface area contributed by atoms with Gasteiger partial charge in [0.15, 0.2) is 0 Å². The molecule has 2 aromatic heterocycles. The van der Waals surface area contributed by atoms with Gasteiger partial charge in [0.1, 0.15) is 0 Å². The molecule has 3 aliphatic rings. The molecule has 0 saturated heterocycles. The third kappa shape index (κ3) is 5.57. The van der Waals surface area contributed by atoms with Crippen LogP contribution in [0.4, 0.5) is 11.4 Å². The first kappa shape index (κ1) is 30.4. The SMILES string of the molecule is Cc1ccc(C2=C3C=CC(=N3)C(c3ccccc3)=c3ccc([nH]3)=C(c3ccc(N)cc3)C3=NC(C=C3)C(c3ccc(N)cc3)c3ccc2[nH]3)cc1. The predicted molar refractivity (Wildman–Crippen MR) is 210 cm³/mol. The van der Waals surface area contributed by atoms with Gasteiger partial charge in [-0.05, 0) is 95.9 Å². The number of aliphatic imine (C=N–C) groups is 2. The molecule has 8 bridgehead atoms. The number of nitrogens with two attached hydrogens (primary N) is 2. The summed E-state index contributed by atoms with van der Waals surface area (Å²) < 4.78 is 0. The van der Waals surface area contributed by atoms with Crippen LogP contribution < -0.4 is 22.2 Å². The van der Waals surface area contributed by atoms with Crippen LogP contribution in [0.5, 0.6) is 0 Å². The van der Waals surface area contributed by atoms with Gasteiger partial charge >= 0.3 is 0 Å². The number of nitrogens with zero attached hydrogens (tertiary/aromatic N) is 2. The van der Waals surface area contributed by atoms with Crippen LogP contribution in [0.2, 0.25) is 0 Å². The lowest BCUT2D eigenvalue weighted by atomic mass is 9.89. The van der Waals surface area contributed by atoms with Crippen LogP contribution in [0.15, 0.2) is 167 Å². The van der Waals surface area contributed by atoms with Crippen LogP contribution in [0.3, 0.4) is 0 Å². The standard InChI is InChI=1S/C45H36N6/c1-27-7-9-29(10-8-27)43-36-21-19-34(48-36)42(28-5-3-2-4-6-28)35-20-22-38(49-35)44(30-11-15-32(46)16-12-30)40-25-26-41(51-40)45(39-24-23-37(43)50-39)31-13-17-33(47)18-14-31/h2-26,41,45,49-50H,46-47H2,1H3. The first-order valence-corrected chi connectivity index (χ1v) is 17.2. The van der Waals surface area contributed by atoms with Crippen LogP contribution in [0, 0.1) is 6.92 Å². The number of nitrogens with one attached hydrogen (secondary N) is 2. The minimum Gasteiger partial charge on any atom is -0.399 e. The molecule has 6 N–H and O–H groups in total. The summed E-state index contributed by atoms with van der Waals surface area (Å²) in [6.07, 6.45) is 8.63. The number of anilines is 2. The number of benzene rings is 4. The zero-order valence-electron chi connectivity index (χ0n) is 28.1. The Morgan fingerprint density at radius 3 is 1.90 bits per heavy atom. The van der Waals surface area contributed by atoms with Crippen LogP contribution in [-0.4, -0.2) is 27.4 Å². The van der Waals surface area contributed by atoms with Gasteiger partial charge in [0, 0.05) is 50.2 Å². The molecule has 6 nitrogen and oxygen atoms in total. The van der Waals surface area contributed by atoms with Crippen molar-refractivity contribution in [2.24, 2.45) is 9.98 Å². The second-order valence-electron chi connectivity index (χ2n) is 13.3. The first-order valence-electron chi connectivity index (χ1n) is 17.2. The van der Waals surface area contributed by atoms with Crippen LogP contribution in [-0.2, 0) is 0 Å². The zero-order valence-corrected chi connectivity index (χ0v) is 28.1. The number of rotatable bonds is 4. The highest BCUT2D eigenvalue weighted by Gasteiger charge is 2.29. The van der Waals surface area contributed by atoms with Crippen molar-refractivity contribution >= 4 is 39.5 Å². The van der Waals surface area contributed by atoms with Gasteiger partial charge in [-0.15, -0.1) is 0 Å². The van der Waals surface area contributed by atoms with E-state index in [4.69, 9.17) is 21.5 Å². The maximum atomic E-state index is 6.17. The molecule has 0 radical (unpaired) electrons. The summed E-state index contributed by atoms with van der Waals surface area (Å²) in [5.41, 5.74) is 27.1. The molecular formula is C45H36N6. The van der Waals surface area contributed by atoms with Crippen molar-refractivity contribution in [3.63, 3.8) is 0 Å². The number of H-pyrrole nitrogens is 2.